The Labute approximate surface area is 309 Å². The first-order valence-corrected chi connectivity index (χ1v) is 19.5. The number of rotatable bonds is 5. The van der Waals surface area contributed by atoms with E-state index >= 15 is 0 Å². The number of aliphatic hydroxyl groups excluding tert-OH is 2. The van der Waals surface area contributed by atoms with E-state index in [-0.39, 0.29) is 24.7 Å². The SMILES string of the molecule is CCC(C)[C@H]1O[C@]2(CC[C@@H]1C)C[C@@H]1C[C@@H](C/C=C(\C)[C@@H](O[C@H]3C[C@H](OC)[C@@H](O)[C@H](C)O3)[C@@H](C)/C=C/C=C3\CO[C@@H]4[C@H](O)C(C)=C[C@@H](C(=O)O1)[C@]34O)O2. The van der Waals surface area contributed by atoms with Crippen molar-refractivity contribution in [3.05, 3.63) is 47.1 Å². The Bertz CT molecular complexity index is 1400. The average molecular weight is 731 g/mol. The molecule has 0 radical (unpaired) electrons. The number of ether oxygens (including phenoxy) is 7. The van der Waals surface area contributed by atoms with Crippen LogP contribution in [0.2, 0.25) is 0 Å². The maximum absolute atomic E-state index is 14.2. The van der Waals surface area contributed by atoms with Gasteiger partial charge < -0.3 is 48.5 Å². The summed E-state index contributed by atoms with van der Waals surface area (Å²) in [6.45, 7) is 14.3. The Balaban J connectivity index is 1.37. The molecule has 0 aromatic carbocycles. The van der Waals surface area contributed by atoms with Gasteiger partial charge >= 0.3 is 5.97 Å². The highest BCUT2D eigenvalue weighted by molar-refractivity contribution is 5.78. The highest BCUT2D eigenvalue weighted by Crippen LogP contribution is 2.48. The zero-order chi connectivity index (χ0) is 37.5. The second-order valence-corrected chi connectivity index (χ2v) is 16.5. The Hall–Kier alpha value is -1.93. The van der Waals surface area contributed by atoms with Crippen molar-refractivity contribution in [2.24, 2.45) is 23.7 Å². The number of allylic oxidation sites excluding steroid dienone is 2. The fourth-order valence-electron chi connectivity index (χ4n) is 9.27. The van der Waals surface area contributed by atoms with Crippen LogP contribution in [0.25, 0.3) is 0 Å². The van der Waals surface area contributed by atoms with Gasteiger partial charge in [-0.05, 0) is 62.2 Å². The first-order chi connectivity index (χ1) is 24.7. The lowest BCUT2D eigenvalue weighted by molar-refractivity contribution is -0.340. The number of aliphatic hydroxyl groups is 3. The quantitative estimate of drug-likeness (QED) is 0.258. The van der Waals surface area contributed by atoms with E-state index < -0.39 is 72.3 Å². The fraction of sp³-hybridized carbons (Fsp3) is 0.780. The zero-order valence-corrected chi connectivity index (χ0v) is 32.2. The molecular formula is C41H62O11. The van der Waals surface area contributed by atoms with Gasteiger partial charge in [-0.15, -0.1) is 0 Å². The molecule has 0 amide bonds. The van der Waals surface area contributed by atoms with Gasteiger partial charge in [0.05, 0.1) is 37.1 Å². The Morgan fingerprint density at radius 3 is 2.58 bits per heavy atom. The molecule has 5 heterocycles. The topological polar surface area (TPSA) is 142 Å². The van der Waals surface area contributed by atoms with Crippen LogP contribution in [0.3, 0.4) is 0 Å². The molecule has 4 fully saturated rings. The van der Waals surface area contributed by atoms with Crippen molar-refractivity contribution in [2.75, 3.05) is 13.7 Å². The van der Waals surface area contributed by atoms with Gasteiger partial charge in [0.2, 0.25) is 0 Å². The predicted molar refractivity (Wildman–Crippen MR) is 193 cm³/mol. The van der Waals surface area contributed by atoms with Crippen molar-refractivity contribution in [1.29, 1.82) is 0 Å². The van der Waals surface area contributed by atoms with E-state index in [9.17, 15) is 20.1 Å². The molecule has 3 N–H and O–H groups in total. The number of hydrogen-bond acceptors (Lipinski definition) is 11. The van der Waals surface area contributed by atoms with Crippen LogP contribution in [-0.4, -0.2) is 108 Å². The fourth-order valence-corrected chi connectivity index (χ4v) is 9.27. The van der Waals surface area contributed by atoms with Gasteiger partial charge in [-0.25, -0.2) is 0 Å². The van der Waals surface area contributed by atoms with Crippen LogP contribution < -0.4 is 0 Å². The molecule has 292 valence electrons. The lowest BCUT2D eigenvalue weighted by atomic mass is 9.71. The molecule has 52 heavy (non-hydrogen) atoms. The molecule has 11 nitrogen and oxygen atoms in total. The Kier molecular flexibility index (Phi) is 12.3. The summed E-state index contributed by atoms with van der Waals surface area (Å²) in [5.74, 6) is -1.98. The van der Waals surface area contributed by atoms with Gasteiger partial charge in [-0.2, -0.15) is 0 Å². The number of carbonyl (C=O) groups excluding carboxylic acids is 1. The lowest BCUT2D eigenvalue weighted by Gasteiger charge is -2.51. The van der Waals surface area contributed by atoms with Crippen molar-refractivity contribution in [1.82, 2.24) is 0 Å². The van der Waals surface area contributed by atoms with Gasteiger partial charge in [-0.1, -0.05) is 64.5 Å². The third-order valence-electron chi connectivity index (χ3n) is 12.7. The molecule has 0 aromatic rings. The van der Waals surface area contributed by atoms with E-state index in [1.807, 2.05) is 26.0 Å². The van der Waals surface area contributed by atoms with Gasteiger partial charge in [0, 0.05) is 38.7 Å². The summed E-state index contributed by atoms with van der Waals surface area (Å²) in [7, 11) is 1.58. The second kappa shape index (κ2) is 16.0. The molecule has 1 unspecified atom stereocenters. The summed E-state index contributed by atoms with van der Waals surface area (Å²) < 4.78 is 44.6. The van der Waals surface area contributed by atoms with Gasteiger partial charge in [0.25, 0.3) is 0 Å². The minimum absolute atomic E-state index is 0.0111. The van der Waals surface area contributed by atoms with Crippen LogP contribution in [0, 0.1) is 23.7 Å². The minimum atomic E-state index is -1.80. The molecule has 6 aliphatic rings. The molecular weight excluding hydrogens is 668 g/mol. The molecule has 2 bridgehead atoms. The smallest absolute Gasteiger partial charge is 0.316 e. The molecule has 6 rings (SSSR count). The molecule has 11 heteroatoms. The van der Waals surface area contributed by atoms with Crippen molar-refractivity contribution in [3.8, 4) is 0 Å². The van der Waals surface area contributed by atoms with Crippen molar-refractivity contribution < 1.29 is 53.3 Å². The van der Waals surface area contributed by atoms with Crippen molar-refractivity contribution in [2.45, 2.75) is 166 Å². The molecule has 1 spiro atoms. The average Bonchev–Trinajstić information content (AvgIpc) is 3.45. The van der Waals surface area contributed by atoms with Crippen LogP contribution >= 0.6 is 0 Å². The van der Waals surface area contributed by atoms with E-state index in [2.05, 4.69) is 33.8 Å². The lowest BCUT2D eigenvalue weighted by Crippen LogP contribution is -2.58. The van der Waals surface area contributed by atoms with Gasteiger partial charge in [0.1, 0.15) is 35.9 Å². The molecule has 0 aromatic heterocycles. The van der Waals surface area contributed by atoms with Crippen molar-refractivity contribution in [3.63, 3.8) is 0 Å². The van der Waals surface area contributed by atoms with E-state index in [1.54, 1.807) is 26.2 Å². The number of carbonyl (C=O) groups is 1. The monoisotopic (exact) mass is 730 g/mol. The number of fused-ring (bicyclic) bond motifs is 2. The highest BCUT2D eigenvalue weighted by atomic mass is 16.7. The maximum Gasteiger partial charge on any atom is 0.316 e. The molecule has 5 aliphatic heterocycles. The summed E-state index contributed by atoms with van der Waals surface area (Å²) in [5, 5.41) is 34.1. The van der Waals surface area contributed by atoms with E-state index in [4.69, 9.17) is 33.2 Å². The largest absolute Gasteiger partial charge is 0.462 e. The Morgan fingerprint density at radius 1 is 1.08 bits per heavy atom. The number of hydrogen-bond donors (Lipinski definition) is 3. The standard InChI is InChI=1S/C41H62O11/c1-9-22(2)37-25(5)15-16-40(52-37)20-30-18-29(51-40)14-13-24(4)36(50-33-19-32(46-8)35(43)27(7)48-33)23(3)11-10-12-28-21-47-38-34(42)26(6)17-31(39(44)49-30)41(28,38)45/h10-13,17,22-23,25,27,29-38,42-43,45H,9,14-16,18-21H2,1-8H3/b11-10+,24-13+,28-12+/t22?,23-,25-,27-,29+,30-,31-,32-,33-,34+,35-,36-,37+,38+,40+,41+/m0/s1. The normalized spacial score (nSPS) is 49.1. The molecule has 0 saturated carbocycles. The van der Waals surface area contributed by atoms with Gasteiger partial charge in [0.15, 0.2) is 12.1 Å². The third kappa shape index (κ3) is 7.77. The summed E-state index contributed by atoms with van der Waals surface area (Å²) in [6.07, 6.45) is 8.24. The summed E-state index contributed by atoms with van der Waals surface area (Å²) >= 11 is 0. The van der Waals surface area contributed by atoms with E-state index in [0.29, 0.717) is 55.1 Å². The summed E-state index contributed by atoms with van der Waals surface area (Å²) in [4.78, 5) is 14.2. The zero-order valence-electron chi connectivity index (χ0n) is 32.2. The third-order valence-corrected chi connectivity index (χ3v) is 12.7. The van der Waals surface area contributed by atoms with Crippen molar-refractivity contribution >= 4 is 5.97 Å². The Morgan fingerprint density at radius 2 is 1.85 bits per heavy atom. The number of esters is 1. The molecule has 16 atom stereocenters. The number of methoxy groups -OCH3 is 1. The first-order valence-electron chi connectivity index (χ1n) is 19.5. The summed E-state index contributed by atoms with van der Waals surface area (Å²) in [5.41, 5.74) is 0.238. The van der Waals surface area contributed by atoms with Crippen LogP contribution in [0.4, 0.5) is 0 Å². The van der Waals surface area contributed by atoms with Crippen LogP contribution in [0.5, 0.6) is 0 Å². The maximum atomic E-state index is 14.2. The van der Waals surface area contributed by atoms with Gasteiger partial charge in [-0.3, -0.25) is 4.79 Å². The van der Waals surface area contributed by atoms with Crippen LogP contribution in [0.15, 0.2) is 47.1 Å². The highest BCUT2D eigenvalue weighted by Gasteiger charge is 2.60. The molecule has 4 saturated heterocycles. The first kappa shape index (κ1) is 39.8. The van der Waals surface area contributed by atoms with E-state index in [0.717, 1.165) is 18.4 Å². The van der Waals surface area contributed by atoms with E-state index in [1.165, 1.54) is 0 Å². The minimum Gasteiger partial charge on any atom is -0.462 e. The van der Waals surface area contributed by atoms with Crippen LogP contribution in [-0.2, 0) is 38.0 Å². The summed E-state index contributed by atoms with van der Waals surface area (Å²) in [6, 6.07) is 0. The van der Waals surface area contributed by atoms with Crippen LogP contribution in [0.1, 0.15) is 93.4 Å². The predicted octanol–water partition coefficient (Wildman–Crippen LogP) is 5.07. The molecule has 1 aliphatic carbocycles. The second-order valence-electron chi connectivity index (χ2n) is 16.5.